The summed E-state index contributed by atoms with van der Waals surface area (Å²) in [4.78, 5) is 16.9. The average Bonchev–Trinajstić information content (AvgIpc) is 2.38. The molecule has 2 saturated heterocycles. The molecule has 110 valence electrons. The van der Waals surface area contributed by atoms with E-state index < -0.39 is 0 Å². The zero-order valence-electron chi connectivity index (χ0n) is 12.7. The Balaban J connectivity index is 2.09. The van der Waals surface area contributed by atoms with E-state index in [0.717, 1.165) is 39.0 Å². The molecular formula is C15H29N3O. The van der Waals surface area contributed by atoms with Crippen molar-refractivity contribution in [2.24, 2.45) is 5.73 Å². The van der Waals surface area contributed by atoms with E-state index in [1.54, 1.807) is 0 Å². The summed E-state index contributed by atoms with van der Waals surface area (Å²) in [7, 11) is 0. The molecule has 2 aliphatic heterocycles. The van der Waals surface area contributed by atoms with E-state index >= 15 is 0 Å². The van der Waals surface area contributed by atoms with E-state index in [0.29, 0.717) is 0 Å². The van der Waals surface area contributed by atoms with Crippen molar-refractivity contribution in [1.82, 2.24) is 9.80 Å². The third kappa shape index (κ3) is 2.95. The van der Waals surface area contributed by atoms with Crippen LogP contribution in [0.15, 0.2) is 0 Å². The number of hydrogen-bond donors (Lipinski definition) is 1. The van der Waals surface area contributed by atoms with Crippen LogP contribution in [0.5, 0.6) is 0 Å². The number of carbonyl (C=O) groups is 1. The van der Waals surface area contributed by atoms with Crippen LogP contribution in [0.3, 0.4) is 0 Å². The van der Waals surface area contributed by atoms with Crippen LogP contribution in [0, 0.1) is 0 Å². The average molecular weight is 267 g/mol. The SMILES string of the molecule is CC(C)(C)N1CCC(C(N)=O)(N2CCCCC2)CC1. The largest absolute Gasteiger partial charge is 0.368 e. The molecule has 19 heavy (non-hydrogen) atoms. The van der Waals surface area contributed by atoms with Gasteiger partial charge in [0.05, 0.1) is 0 Å². The molecule has 0 aromatic heterocycles. The second-order valence-electron chi connectivity index (χ2n) is 7.10. The Morgan fingerprint density at radius 2 is 1.53 bits per heavy atom. The maximum atomic E-state index is 12.1. The Morgan fingerprint density at radius 1 is 1.00 bits per heavy atom. The number of nitrogens with zero attached hydrogens (tertiary/aromatic N) is 2. The Labute approximate surface area is 117 Å². The number of nitrogens with two attached hydrogens (primary N) is 1. The molecule has 0 saturated carbocycles. The lowest BCUT2D eigenvalue weighted by atomic mass is 9.82. The van der Waals surface area contributed by atoms with Crippen LogP contribution in [0.4, 0.5) is 0 Å². The molecule has 2 aliphatic rings. The number of likely N-dealkylation sites (tertiary alicyclic amines) is 2. The van der Waals surface area contributed by atoms with Crippen LogP contribution < -0.4 is 5.73 Å². The zero-order valence-corrected chi connectivity index (χ0v) is 12.7. The highest BCUT2D eigenvalue weighted by atomic mass is 16.1. The van der Waals surface area contributed by atoms with E-state index in [4.69, 9.17) is 5.73 Å². The van der Waals surface area contributed by atoms with Crippen molar-refractivity contribution in [1.29, 1.82) is 0 Å². The van der Waals surface area contributed by atoms with Gasteiger partial charge in [-0.2, -0.15) is 0 Å². The number of primary amides is 1. The topological polar surface area (TPSA) is 49.6 Å². The van der Waals surface area contributed by atoms with Gasteiger partial charge in [0.15, 0.2) is 0 Å². The Hall–Kier alpha value is -0.610. The lowest BCUT2D eigenvalue weighted by Crippen LogP contribution is -2.64. The van der Waals surface area contributed by atoms with Gasteiger partial charge in [0.25, 0.3) is 0 Å². The molecule has 0 unspecified atom stereocenters. The first-order valence-corrected chi connectivity index (χ1v) is 7.66. The van der Waals surface area contributed by atoms with Crippen LogP contribution in [0.1, 0.15) is 52.9 Å². The first-order valence-electron chi connectivity index (χ1n) is 7.66. The van der Waals surface area contributed by atoms with Crippen LogP contribution in [-0.2, 0) is 4.79 Å². The summed E-state index contributed by atoms with van der Waals surface area (Å²) in [6, 6.07) is 0. The van der Waals surface area contributed by atoms with Crippen LogP contribution >= 0.6 is 0 Å². The first-order chi connectivity index (χ1) is 8.86. The predicted octanol–water partition coefficient (Wildman–Crippen LogP) is 1.59. The van der Waals surface area contributed by atoms with E-state index in [1.165, 1.54) is 19.3 Å². The van der Waals surface area contributed by atoms with Gasteiger partial charge in [-0.05, 0) is 59.5 Å². The molecule has 0 aliphatic carbocycles. The minimum atomic E-state index is -0.373. The molecule has 2 fully saturated rings. The second kappa shape index (κ2) is 5.41. The highest BCUT2D eigenvalue weighted by molar-refractivity contribution is 5.84. The summed E-state index contributed by atoms with van der Waals surface area (Å²) in [6.07, 6.45) is 5.48. The third-order valence-corrected chi connectivity index (χ3v) is 4.96. The van der Waals surface area contributed by atoms with Crippen LogP contribution in [-0.4, -0.2) is 53.0 Å². The van der Waals surface area contributed by atoms with Gasteiger partial charge in [-0.25, -0.2) is 0 Å². The molecule has 1 amide bonds. The van der Waals surface area contributed by atoms with Crippen molar-refractivity contribution >= 4 is 5.91 Å². The van der Waals surface area contributed by atoms with Crippen molar-refractivity contribution in [3.8, 4) is 0 Å². The molecule has 0 aromatic rings. The standard InChI is InChI=1S/C15H29N3O/c1-14(2,3)17-11-7-15(8-12-17,13(16)19)18-9-5-4-6-10-18/h4-12H2,1-3H3,(H2,16,19). The van der Waals surface area contributed by atoms with Gasteiger partial charge >= 0.3 is 0 Å². The monoisotopic (exact) mass is 267 g/mol. The van der Waals surface area contributed by atoms with Gasteiger partial charge in [-0.1, -0.05) is 6.42 Å². The van der Waals surface area contributed by atoms with Gasteiger partial charge in [0.1, 0.15) is 5.54 Å². The fourth-order valence-corrected chi connectivity index (χ4v) is 3.59. The summed E-state index contributed by atoms with van der Waals surface area (Å²) in [5.74, 6) is -0.108. The highest BCUT2D eigenvalue weighted by Crippen LogP contribution is 2.33. The van der Waals surface area contributed by atoms with Crippen molar-refractivity contribution in [2.45, 2.75) is 64.0 Å². The summed E-state index contributed by atoms with van der Waals surface area (Å²) in [5, 5.41) is 0. The minimum absolute atomic E-state index is 0.108. The Morgan fingerprint density at radius 3 is 1.95 bits per heavy atom. The van der Waals surface area contributed by atoms with Gasteiger partial charge in [-0.3, -0.25) is 14.6 Å². The Bertz CT molecular complexity index is 321. The van der Waals surface area contributed by atoms with E-state index in [1.807, 2.05) is 0 Å². The molecule has 0 radical (unpaired) electrons. The van der Waals surface area contributed by atoms with Crippen molar-refractivity contribution in [3.63, 3.8) is 0 Å². The smallest absolute Gasteiger partial charge is 0.238 e. The maximum absolute atomic E-state index is 12.1. The molecule has 0 bridgehead atoms. The number of amides is 1. The molecule has 0 aromatic carbocycles. The number of rotatable bonds is 2. The molecular weight excluding hydrogens is 238 g/mol. The number of carbonyl (C=O) groups excluding carboxylic acids is 1. The minimum Gasteiger partial charge on any atom is -0.368 e. The van der Waals surface area contributed by atoms with Crippen molar-refractivity contribution < 1.29 is 4.79 Å². The fraction of sp³-hybridized carbons (Fsp3) is 0.933. The lowest BCUT2D eigenvalue weighted by molar-refractivity contribution is -0.136. The summed E-state index contributed by atoms with van der Waals surface area (Å²) in [6.45, 7) is 10.8. The molecule has 0 atom stereocenters. The molecule has 0 spiro atoms. The summed E-state index contributed by atoms with van der Waals surface area (Å²) >= 11 is 0. The molecule has 2 N–H and O–H groups in total. The molecule has 4 nitrogen and oxygen atoms in total. The maximum Gasteiger partial charge on any atom is 0.238 e. The third-order valence-electron chi connectivity index (χ3n) is 4.96. The van der Waals surface area contributed by atoms with E-state index in [9.17, 15) is 4.79 Å². The zero-order chi connectivity index (χ0) is 14.1. The fourth-order valence-electron chi connectivity index (χ4n) is 3.59. The second-order valence-corrected chi connectivity index (χ2v) is 7.10. The van der Waals surface area contributed by atoms with Gasteiger partial charge < -0.3 is 5.73 Å². The normalized spacial score (nSPS) is 26.3. The first kappa shape index (κ1) is 14.8. The molecule has 2 heterocycles. The molecule has 4 heteroatoms. The van der Waals surface area contributed by atoms with Crippen molar-refractivity contribution in [2.75, 3.05) is 26.2 Å². The predicted molar refractivity (Wildman–Crippen MR) is 77.9 cm³/mol. The highest BCUT2D eigenvalue weighted by Gasteiger charge is 2.46. The quantitative estimate of drug-likeness (QED) is 0.826. The van der Waals surface area contributed by atoms with Crippen LogP contribution in [0.25, 0.3) is 0 Å². The summed E-state index contributed by atoms with van der Waals surface area (Å²) in [5.41, 5.74) is 5.60. The van der Waals surface area contributed by atoms with Crippen molar-refractivity contribution in [3.05, 3.63) is 0 Å². The van der Waals surface area contributed by atoms with E-state index in [-0.39, 0.29) is 17.0 Å². The Kier molecular flexibility index (Phi) is 4.21. The van der Waals surface area contributed by atoms with Crippen LogP contribution in [0.2, 0.25) is 0 Å². The number of hydrogen-bond acceptors (Lipinski definition) is 3. The van der Waals surface area contributed by atoms with E-state index in [2.05, 4.69) is 30.6 Å². The van der Waals surface area contributed by atoms with Gasteiger partial charge in [0.2, 0.25) is 5.91 Å². The molecule has 2 rings (SSSR count). The summed E-state index contributed by atoms with van der Waals surface area (Å²) < 4.78 is 0. The number of piperidine rings is 2. The van der Waals surface area contributed by atoms with Gasteiger partial charge in [0, 0.05) is 18.6 Å². The lowest BCUT2D eigenvalue weighted by Gasteiger charge is -2.50. The van der Waals surface area contributed by atoms with Gasteiger partial charge in [-0.15, -0.1) is 0 Å².